The first-order valence-corrected chi connectivity index (χ1v) is 6.88. The first-order chi connectivity index (χ1) is 7.66. The third-order valence-electron chi connectivity index (χ3n) is 2.54. The maximum atomic E-state index is 4.02. The molecule has 0 amide bonds. The normalized spacial score (nSPS) is 12.9. The molecule has 2 heterocycles. The van der Waals surface area contributed by atoms with Gasteiger partial charge in [-0.25, -0.2) is 0 Å². The molecular weight excluding hydrogens is 238 g/mol. The highest BCUT2D eigenvalue weighted by Crippen LogP contribution is 2.26. The number of rotatable bonds is 4. The van der Waals surface area contributed by atoms with E-state index in [2.05, 4.69) is 41.7 Å². The van der Waals surface area contributed by atoms with Gasteiger partial charge in [0.15, 0.2) is 0 Å². The fourth-order valence-electron chi connectivity index (χ4n) is 1.71. The second kappa shape index (κ2) is 5.03. The van der Waals surface area contributed by atoms with E-state index in [0.29, 0.717) is 6.04 Å². The van der Waals surface area contributed by atoms with Crippen LogP contribution in [-0.2, 0) is 6.54 Å². The molecule has 0 saturated carbocycles. The van der Waals surface area contributed by atoms with Crippen LogP contribution >= 0.6 is 22.9 Å². The van der Waals surface area contributed by atoms with Crippen LogP contribution in [0.4, 0.5) is 0 Å². The molecule has 0 radical (unpaired) electrons. The van der Waals surface area contributed by atoms with E-state index in [1.165, 1.54) is 26.9 Å². The van der Waals surface area contributed by atoms with Crippen molar-refractivity contribution >= 4 is 22.9 Å². The number of aromatic nitrogens is 2. The zero-order valence-corrected chi connectivity index (χ0v) is 11.3. The van der Waals surface area contributed by atoms with Gasteiger partial charge in [0.05, 0.1) is 5.69 Å². The quantitative estimate of drug-likeness (QED) is 0.910. The summed E-state index contributed by atoms with van der Waals surface area (Å²) in [6.45, 7) is 7.30. The van der Waals surface area contributed by atoms with Gasteiger partial charge in [-0.3, -0.25) is 0 Å². The molecule has 0 bridgehead atoms. The monoisotopic (exact) mass is 253 g/mol. The van der Waals surface area contributed by atoms with Crippen molar-refractivity contribution in [2.75, 3.05) is 0 Å². The predicted molar refractivity (Wildman–Crippen MR) is 69.0 cm³/mol. The molecule has 3 nitrogen and oxygen atoms in total. The Balaban J connectivity index is 1.98. The van der Waals surface area contributed by atoms with Crippen molar-refractivity contribution in [3.05, 3.63) is 32.5 Å². The average Bonchev–Trinajstić information content (AvgIpc) is 2.84. The molecule has 0 aliphatic heterocycles. The van der Waals surface area contributed by atoms with Crippen LogP contribution in [0.25, 0.3) is 0 Å². The van der Waals surface area contributed by atoms with Crippen molar-refractivity contribution in [3.8, 4) is 0 Å². The van der Waals surface area contributed by atoms with Gasteiger partial charge in [0.1, 0.15) is 0 Å². The van der Waals surface area contributed by atoms with E-state index in [-0.39, 0.29) is 0 Å². The maximum Gasteiger partial charge on any atom is 0.0893 e. The van der Waals surface area contributed by atoms with Gasteiger partial charge in [-0.05, 0) is 43.9 Å². The van der Waals surface area contributed by atoms with Gasteiger partial charge < -0.3 is 5.32 Å². The molecule has 0 aromatic carbocycles. The summed E-state index contributed by atoms with van der Waals surface area (Å²) in [6.07, 6.45) is 0. The number of nitrogens with one attached hydrogen (secondary N) is 1. The van der Waals surface area contributed by atoms with Gasteiger partial charge in [-0.1, -0.05) is 4.49 Å². The summed E-state index contributed by atoms with van der Waals surface area (Å²) < 4.78 is 3.85. The van der Waals surface area contributed by atoms with Gasteiger partial charge >= 0.3 is 0 Å². The van der Waals surface area contributed by atoms with E-state index in [1.807, 2.05) is 16.7 Å². The molecule has 0 aliphatic carbocycles. The molecule has 2 aromatic heterocycles. The van der Waals surface area contributed by atoms with Gasteiger partial charge in [0.25, 0.3) is 0 Å². The van der Waals surface area contributed by atoms with Crippen molar-refractivity contribution in [1.82, 2.24) is 14.9 Å². The van der Waals surface area contributed by atoms with E-state index in [0.717, 1.165) is 12.2 Å². The summed E-state index contributed by atoms with van der Waals surface area (Å²) in [5.41, 5.74) is 2.41. The lowest BCUT2D eigenvalue weighted by atomic mass is 10.1. The fraction of sp³-hybridized carbons (Fsp3) is 0.455. The minimum absolute atomic E-state index is 0.367. The van der Waals surface area contributed by atoms with Crippen LogP contribution < -0.4 is 5.32 Å². The maximum absolute atomic E-state index is 4.02. The van der Waals surface area contributed by atoms with Gasteiger partial charge in [0.2, 0.25) is 0 Å². The third-order valence-corrected chi connectivity index (χ3v) is 4.08. The lowest BCUT2D eigenvalue weighted by Crippen LogP contribution is -2.18. The molecule has 0 aliphatic rings. The van der Waals surface area contributed by atoms with Gasteiger partial charge in [0, 0.05) is 27.7 Å². The number of aryl methyl sites for hydroxylation is 2. The number of thiophene rings is 1. The van der Waals surface area contributed by atoms with Crippen molar-refractivity contribution in [1.29, 1.82) is 0 Å². The Labute approximate surface area is 104 Å². The van der Waals surface area contributed by atoms with Crippen LogP contribution in [0.3, 0.4) is 0 Å². The van der Waals surface area contributed by atoms with E-state index in [1.54, 1.807) is 0 Å². The highest BCUT2D eigenvalue weighted by atomic mass is 32.1. The minimum atomic E-state index is 0.367. The molecular formula is C11H15N3S2. The van der Waals surface area contributed by atoms with Crippen molar-refractivity contribution in [3.63, 3.8) is 0 Å². The zero-order chi connectivity index (χ0) is 11.5. The zero-order valence-electron chi connectivity index (χ0n) is 9.65. The first-order valence-electron chi connectivity index (χ1n) is 5.23. The molecule has 16 heavy (non-hydrogen) atoms. The van der Waals surface area contributed by atoms with E-state index in [9.17, 15) is 0 Å². The van der Waals surface area contributed by atoms with E-state index < -0.39 is 0 Å². The van der Waals surface area contributed by atoms with Gasteiger partial charge in [-0.2, -0.15) is 0 Å². The summed E-state index contributed by atoms with van der Waals surface area (Å²) in [7, 11) is 0. The molecule has 5 heteroatoms. The van der Waals surface area contributed by atoms with Gasteiger partial charge in [-0.15, -0.1) is 16.4 Å². The van der Waals surface area contributed by atoms with Crippen molar-refractivity contribution < 1.29 is 0 Å². The molecule has 0 fully saturated rings. The average molecular weight is 253 g/mol. The number of nitrogens with zero attached hydrogens (tertiary/aromatic N) is 2. The smallest absolute Gasteiger partial charge is 0.0893 e. The third kappa shape index (κ3) is 2.66. The lowest BCUT2D eigenvalue weighted by Gasteiger charge is -2.12. The number of hydrogen-bond acceptors (Lipinski definition) is 5. The van der Waals surface area contributed by atoms with Crippen LogP contribution in [-0.4, -0.2) is 9.59 Å². The Hall–Kier alpha value is -0.780. The molecule has 0 spiro atoms. The SMILES string of the molecule is Cc1cc(C(C)NCc2csnn2)c(C)s1. The van der Waals surface area contributed by atoms with E-state index in [4.69, 9.17) is 0 Å². The summed E-state index contributed by atoms with van der Waals surface area (Å²) in [5.74, 6) is 0. The topological polar surface area (TPSA) is 37.8 Å². The summed E-state index contributed by atoms with van der Waals surface area (Å²) in [4.78, 5) is 2.77. The second-order valence-electron chi connectivity index (χ2n) is 3.87. The fourth-order valence-corrected chi connectivity index (χ4v) is 3.18. The van der Waals surface area contributed by atoms with Crippen LogP contribution in [0.15, 0.2) is 11.4 Å². The lowest BCUT2D eigenvalue weighted by molar-refractivity contribution is 0.566. The van der Waals surface area contributed by atoms with Crippen LogP contribution in [0.1, 0.15) is 34.0 Å². The van der Waals surface area contributed by atoms with Crippen molar-refractivity contribution in [2.24, 2.45) is 0 Å². The van der Waals surface area contributed by atoms with Crippen LogP contribution in [0.5, 0.6) is 0 Å². The molecule has 2 aromatic rings. The van der Waals surface area contributed by atoms with Crippen molar-refractivity contribution in [2.45, 2.75) is 33.4 Å². The number of hydrogen-bond donors (Lipinski definition) is 1. The largest absolute Gasteiger partial charge is 0.304 e. The summed E-state index contributed by atoms with van der Waals surface area (Å²) in [6, 6.07) is 2.63. The Kier molecular flexibility index (Phi) is 3.68. The molecule has 1 unspecified atom stereocenters. The Bertz CT molecular complexity index is 448. The first kappa shape index (κ1) is 11.7. The standard InChI is InChI=1S/C11H15N3S2/c1-7-4-11(9(3)16-7)8(2)12-5-10-6-15-14-13-10/h4,6,8,12H,5H2,1-3H3. The Morgan fingerprint density at radius 2 is 2.25 bits per heavy atom. The molecule has 2 rings (SSSR count). The second-order valence-corrected chi connectivity index (χ2v) is 5.94. The van der Waals surface area contributed by atoms with Crippen LogP contribution in [0, 0.1) is 13.8 Å². The highest BCUT2D eigenvalue weighted by Gasteiger charge is 2.10. The van der Waals surface area contributed by atoms with E-state index >= 15 is 0 Å². The molecule has 0 saturated heterocycles. The summed E-state index contributed by atoms with van der Waals surface area (Å²) >= 11 is 3.25. The molecule has 1 atom stereocenters. The molecule has 1 N–H and O–H groups in total. The predicted octanol–water partition coefficient (Wildman–Crippen LogP) is 3.07. The Morgan fingerprint density at radius 1 is 1.44 bits per heavy atom. The Morgan fingerprint density at radius 3 is 2.81 bits per heavy atom. The van der Waals surface area contributed by atoms with Crippen LogP contribution in [0.2, 0.25) is 0 Å². The minimum Gasteiger partial charge on any atom is -0.304 e. The summed E-state index contributed by atoms with van der Waals surface area (Å²) in [5, 5.41) is 9.46. The molecule has 86 valence electrons. The highest BCUT2D eigenvalue weighted by molar-refractivity contribution is 7.12.